The van der Waals surface area contributed by atoms with Crippen LogP contribution in [0, 0.1) is 5.82 Å². The van der Waals surface area contributed by atoms with Crippen molar-refractivity contribution in [2.75, 3.05) is 12.4 Å². The summed E-state index contributed by atoms with van der Waals surface area (Å²) in [4.78, 5) is 25.0. The number of H-pyrrole nitrogens is 1. The van der Waals surface area contributed by atoms with Crippen molar-refractivity contribution in [2.45, 2.75) is 18.9 Å². The van der Waals surface area contributed by atoms with Gasteiger partial charge in [0.25, 0.3) is 0 Å². The highest BCUT2D eigenvalue weighted by Gasteiger charge is 2.33. The first-order chi connectivity index (χ1) is 9.56. The molecule has 1 aliphatic rings. The molecule has 1 saturated heterocycles. The number of rotatable bonds is 2. The SMILES string of the molecule is CN1C(=O)CC[C@H]1C(=O)Nc1n[nH]c2ccc(F)cc12. The summed E-state index contributed by atoms with van der Waals surface area (Å²) in [5.41, 5.74) is 0.637. The van der Waals surface area contributed by atoms with Gasteiger partial charge >= 0.3 is 0 Å². The van der Waals surface area contributed by atoms with Crippen molar-refractivity contribution in [2.24, 2.45) is 0 Å². The molecule has 6 nitrogen and oxygen atoms in total. The van der Waals surface area contributed by atoms with Crippen LogP contribution in [0.5, 0.6) is 0 Å². The highest BCUT2D eigenvalue weighted by Crippen LogP contribution is 2.23. The second-order valence-electron chi connectivity index (χ2n) is 4.81. The summed E-state index contributed by atoms with van der Waals surface area (Å²) >= 11 is 0. The van der Waals surface area contributed by atoms with E-state index in [1.807, 2.05) is 0 Å². The van der Waals surface area contributed by atoms with Gasteiger partial charge in [-0.2, -0.15) is 5.10 Å². The van der Waals surface area contributed by atoms with Crippen LogP contribution in [-0.2, 0) is 9.59 Å². The number of carbonyl (C=O) groups excluding carboxylic acids is 2. The lowest BCUT2D eigenvalue weighted by Gasteiger charge is -2.18. The second-order valence-corrected chi connectivity index (χ2v) is 4.81. The Morgan fingerprint density at radius 3 is 3.05 bits per heavy atom. The lowest BCUT2D eigenvalue weighted by atomic mass is 10.2. The quantitative estimate of drug-likeness (QED) is 0.866. The van der Waals surface area contributed by atoms with Gasteiger partial charge in [0.15, 0.2) is 5.82 Å². The lowest BCUT2D eigenvalue weighted by Crippen LogP contribution is -2.39. The first kappa shape index (κ1) is 12.6. The van der Waals surface area contributed by atoms with Gasteiger partial charge < -0.3 is 10.2 Å². The predicted octanol–water partition coefficient (Wildman–Crippen LogP) is 1.26. The maximum atomic E-state index is 13.2. The molecule has 1 fully saturated rings. The van der Waals surface area contributed by atoms with Gasteiger partial charge in [-0.1, -0.05) is 0 Å². The molecule has 2 amide bonds. The van der Waals surface area contributed by atoms with Crippen LogP contribution in [0.3, 0.4) is 0 Å². The molecule has 0 radical (unpaired) electrons. The van der Waals surface area contributed by atoms with E-state index < -0.39 is 11.9 Å². The van der Waals surface area contributed by atoms with Crippen molar-refractivity contribution in [1.82, 2.24) is 15.1 Å². The van der Waals surface area contributed by atoms with E-state index in [1.165, 1.54) is 17.0 Å². The van der Waals surface area contributed by atoms with Crippen LogP contribution in [0.4, 0.5) is 10.2 Å². The number of likely N-dealkylation sites (tertiary alicyclic amines) is 1. The average Bonchev–Trinajstić information content (AvgIpc) is 2.95. The summed E-state index contributed by atoms with van der Waals surface area (Å²) in [6.45, 7) is 0. The summed E-state index contributed by atoms with van der Waals surface area (Å²) in [6.07, 6.45) is 0.850. The Hall–Kier alpha value is -2.44. The lowest BCUT2D eigenvalue weighted by molar-refractivity contribution is -0.131. The standard InChI is InChI=1S/C13H13FN4O2/c1-18-10(4-5-11(18)19)13(20)15-12-8-6-7(14)2-3-9(8)16-17-12/h2-3,6,10H,4-5H2,1H3,(H2,15,16,17,20)/t10-/m0/s1. The van der Waals surface area contributed by atoms with E-state index in [1.54, 1.807) is 13.1 Å². The number of amides is 2. The van der Waals surface area contributed by atoms with E-state index >= 15 is 0 Å². The molecule has 2 N–H and O–H groups in total. The molecule has 1 aromatic heterocycles. The molecule has 3 rings (SSSR count). The molecule has 7 heteroatoms. The Morgan fingerprint density at radius 1 is 1.55 bits per heavy atom. The van der Waals surface area contributed by atoms with E-state index in [4.69, 9.17) is 0 Å². The number of likely N-dealkylation sites (N-methyl/N-ethyl adjacent to an activating group) is 1. The molecule has 0 bridgehead atoms. The summed E-state index contributed by atoms with van der Waals surface area (Å²) in [5.74, 6) is -0.487. The van der Waals surface area contributed by atoms with Gasteiger partial charge in [0, 0.05) is 18.9 Å². The molecule has 0 unspecified atom stereocenters. The minimum absolute atomic E-state index is 0.0527. The number of benzene rings is 1. The third-order valence-electron chi connectivity index (χ3n) is 3.56. The Labute approximate surface area is 113 Å². The monoisotopic (exact) mass is 276 g/mol. The number of anilines is 1. The van der Waals surface area contributed by atoms with Crippen LogP contribution in [-0.4, -0.2) is 40.0 Å². The number of fused-ring (bicyclic) bond motifs is 1. The van der Waals surface area contributed by atoms with Crippen molar-refractivity contribution in [1.29, 1.82) is 0 Å². The first-order valence-electron chi connectivity index (χ1n) is 6.26. The van der Waals surface area contributed by atoms with Crippen LogP contribution < -0.4 is 5.32 Å². The summed E-state index contributed by atoms with van der Waals surface area (Å²) in [7, 11) is 1.60. The minimum atomic E-state index is -0.497. The van der Waals surface area contributed by atoms with Crippen molar-refractivity contribution in [3.8, 4) is 0 Å². The third-order valence-corrected chi connectivity index (χ3v) is 3.56. The molecule has 2 heterocycles. The number of nitrogens with zero attached hydrogens (tertiary/aromatic N) is 2. The Bertz CT molecular complexity index is 697. The number of hydrogen-bond donors (Lipinski definition) is 2. The summed E-state index contributed by atoms with van der Waals surface area (Å²) in [6, 6.07) is 3.68. The Morgan fingerprint density at radius 2 is 2.35 bits per heavy atom. The highest BCUT2D eigenvalue weighted by molar-refractivity contribution is 6.03. The smallest absolute Gasteiger partial charge is 0.248 e. The van der Waals surface area contributed by atoms with E-state index in [0.717, 1.165) is 0 Å². The molecule has 1 atom stereocenters. The molecule has 1 aromatic carbocycles. The zero-order valence-electron chi connectivity index (χ0n) is 10.8. The fraction of sp³-hybridized carbons (Fsp3) is 0.308. The fourth-order valence-corrected chi connectivity index (χ4v) is 2.39. The van der Waals surface area contributed by atoms with E-state index in [9.17, 15) is 14.0 Å². The molecule has 2 aromatic rings. The molecule has 0 spiro atoms. The van der Waals surface area contributed by atoms with Crippen LogP contribution >= 0.6 is 0 Å². The van der Waals surface area contributed by atoms with Gasteiger partial charge in [-0.15, -0.1) is 0 Å². The minimum Gasteiger partial charge on any atom is -0.334 e. The fourth-order valence-electron chi connectivity index (χ4n) is 2.39. The molecular weight excluding hydrogens is 263 g/mol. The van der Waals surface area contributed by atoms with Crippen molar-refractivity contribution < 1.29 is 14.0 Å². The number of halogens is 1. The van der Waals surface area contributed by atoms with Crippen molar-refractivity contribution >= 4 is 28.5 Å². The molecule has 0 saturated carbocycles. The zero-order valence-corrected chi connectivity index (χ0v) is 10.8. The normalized spacial score (nSPS) is 18.8. The molecule has 20 heavy (non-hydrogen) atoms. The highest BCUT2D eigenvalue weighted by atomic mass is 19.1. The van der Waals surface area contributed by atoms with Crippen LogP contribution in [0.2, 0.25) is 0 Å². The van der Waals surface area contributed by atoms with Gasteiger partial charge in [-0.05, 0) is 24.6 Å². The van der Waals surface area contributed by atoms with Gasteiger partial charge in [0.1, 0.15) is 11.9 Å². The average molecular weight is 276 g/mol. The van der Waals surface area contributed by atoms with Crippen molar-refractivity contribution in [3.63, 3.8) is 0 Å². The maximum absolute atomic E-state index is 13.2. The summed E-state index contributed by atoms with van der Waals surface area (Å²) in [5, 5.41) is 9.83. The Balaban J connectivity index is 1.84. The van der Waals surface area contributed by atoms with Gasteiger partial charge in [-0.3, -0.25) is 14.7 Å². The number of hydrogen-bond acceptors (Lipinski definition) is 3. The van der Waals surface area contributed by atoms with E-state index in [2.05, 4.69) is 15.5 Å². The van der Waals surface area contributed by atoms with E-state index in [0.29, 0.717) is 23.7 Å². The largest absolute Gasteiger partial charge is 0.334 e. The van der Waals surface area contributed by atoms with Gasteiger partial charge in [0.05, 0.1) is 5.52 Å². The van der Waals surface area contributed by atoms with Crippen LogP contribution in [0.1, 0.15) is 12.8 Å². The predicted molar refractivity (Wildman–Crippen MR) is 70.5 cm³/mol. The van der Waals surface area contributed by atoms with Gasteiger partial charge in [0.2, 0.25) is 11.8 Å². The third kappa shape index (κ3) is 2.01. The molecule has 1 aliphatic heterocycles. The molecule has 0 aliphatic carbocycles. The zero-order chi connectivity index (χ0) is 14.3. The second kappa shape index (κ2) is 4.59. The Kier molecular flexibility index (Phi) is 2.89. The van der Waals surface area contributed by atoms with Crippen molar-refractivity contribution in [3.05, 3.63) is 24.0 Å². The maximum Gasteiger partial charge on any atom is 0.248 e. The van der Waals surface area contributed by atoms with Gasteiger partial charge in [-0.25, -0.2) is 4.39 Å². The number of aromatic nitrogens is 2. The molecule has 104 valence electrons. The summed E-state index contributed by atoms with van der Waals surface area (Å²) < 4.78 is 13.2. The topological polar surface area (TPSA) is 78.1 Å². The van der Waals surface area contributed by atoms with Crippen LogP contribution in [0.25, 0.3) is 10.9 Å². The number of carbonyl (C=O) groups is 2. The van der Waals surface area contributed by atoms with Crippen LogP contribution in [0.15, 0.2) is 18.2 Å². The number of aromatic amines is 1. The first-order valence-corrected chi connectivity index (χ1v) is 6.26. The molecular formula is C13H13FN4O2. The number of nitrogens with one attached hydrogen (secondary N) is 2. The van der Waals surface area contributed by atoms with E-state index in [-0.39, 0.29) is 17.6 Å².